The summed E-state index contributed by atoms with van der Waals surface area (Å²) in [5.41, 5.74) is 14.1. The minimum atomic E-state index is -0.257. The van der Waals surface area contributed by atoms with E-state index in [2.05, 4.69) is 55.2 Å². The lowest BCUT2D eigenvalue weighted by Gasteiger charge is -2.25. The van der Waals surface area contributed by atoms with Crippen molar-refractivity contribution in [1.82, 2.24) is 19.9 Å². The number of imidazole rings is 1. The van der Waals surface area contributed by atoms with Crippen LogP contribution in [0, 0.1) is 19.7 Å². The molecule has 0 saturated carbocycles. The molecule has 1 aliphatic rings. The summed E-state index contributed by atoms with van der Waals surface area (Å²) in [6.45, 7) is 5.67. The average molecular weight is 495 g/mol. The van der Waals surface area contributed by atoms with Crippen LogP contribution in [0.5, 0.6) is 5.75 Å². The Labute approximate surface area is 214 Å². The molecule has 0 amide bonds. The van der Waals surface area contributed by atoms with Gasteiger partial charge in [0.15, 0.2) is 0 Å². The highest BCUT2D eigenvalue weighted by Crippen LogP contribution is 2.33. The highest BCUT2D eigenvalue weighted by atomic mass is 19.1. The first-order valence-corrected chi connectivity index (χ1v) is 12.3. The molecule has 3 N–H and O–H groups in total. The number of ether oxygens (including phenoxy) is 1. The second kappa shape index (κ2) is 9.20. The number of hydrogen-bond acceptors (Lipinski definition) is 6. The second-order valence-corrected chi connectivity index (χ2v) is 9.42. The van der Waals surface area contributed by atoms with Crippen molar-refractivity contribution in [1.29, 1.82) is 0 Å². The van der Waals surface area contributed by atoms with Gasteiger partial charge in [-0.05, 0) is 66.9 Å². The topological polar surface area (TPSA) is 93.0 Å². The smallest absolute Gasteiger partial charge is 0.222 e. The molecule has 0 unspecified atom stereocenters. The molecule has 0 spiro atoms. The molecular weight excluding hydrogens is 467 g/mol. The van der Waals surface area contributed by atoms with Gasteiger partial charge in [0.1, 0.15) is 29.8 Å². The molecule has 37 heavy (non-hydrogen) atoms. The zero-order valence-electron chi connectivity index (χ0n) is 20.8. The summed E-state index contributed by atoms with van der Waals surface area (Å²) in [4.78, 5) is 19.1. The molecule has 0 saturated heterocycles. The van der Waals surface area contributed by atoms with Crippen LogP contribution in [-0.4, -0.2) is 33.1 Å². The van der Waals surface area contributed by atoms with Crippen LogP contribution in [0.3, 0.4) is 0 Å². The first-order chi connectivity index (χ1) is 17.9. The number of nitrogens with zero attached hydrogens (tertiary/aromatic N) is 4. The van der Waals surface area contributed by atoms with Crippen molar-refractivity contribution in [3.63, 3.8) is 0 Å². The molecule has 2 aromatic heterocycles. The van der Waals surface area contributed by atoms with Crippen LogP contribution in [0.25, 0.3) is 22.2 Å². The summed E-state index contributed by atoms with van der Waals surface area (Å²) in [7, 11) is 0. The van der Waals surface area contributed by atoms with Crippen LogP contribution in [0.1, 0.15) is 28.2 Å². The van der Waals surface area contributed by atoms with Crippen molar-refractivity contribution in [2.24, 2.45) is 0 Å². The van der Waals surface area contributed by atoms with Gasteiger partial charge in [-0.2, -0.15) is 4.98 Å². The standard InChI is InChI=1S/C29H27FN6O/c1-17-24(13-19-3-7-23(30)8-4-19)28(35-29(31)32-17)36-11-12-37-27-10-6-20(14-22(27)16-36)21-5-9-25-26(15-21)34-18(2)33-25/h3-10,14-15H,11-13,16H2,1-2H3,(H,33,34)(H2,31,32,35). The molecular formula is C29H27FN6O. The van der Waals surface area contributed by atoms with Crippen LogP contribution < -0.4 is 15.4 Å². The third-order valence-corrected chi connectivity index (χ3v) is 6.78. The Morgan fingerprint density at radius 2 is 1.76 bits per heavy atom. The number of H-pyrrole nitrogens is 1. The minimum Gasteiger partial charge on any atom is -0.491 e. The maximum Gasteiger partial charge on any atom is 0.222 e. The fourth-order valence-corrected chi connectivity index (χ4v) is 4.94. The molecule has 0 radical (unpaired) electrons. The molecule has 6 rings (SSSR count). The summed E-state index contributed by atoms with van der Waals surface area (Å²) in [5, 5.41) is 0. The number of hydrogen-bond donors (Lipinski definition) is 2. The molecule has 0 atom stereocenters. The van der Waals surface area contributed by atoms with E-state index < -0.39 is 0 Å². The minimum absolute atomic E-state index is 0.233. The monoisotopic (exact) mass is 494 g/mol. The summed E-state index contributed by atoms with van der Waals surface area (Å²) < 4.78 is 19.6. The maximum absolute atomic E-state index is 13.5. The Morgan fingerprint density at radius 1 is 0.973 bits per heavy atom. The van der Waals surface area contributed by atoms with E-state index in [0.717, 1.165) is 61.9 Å². The molecule has 1 aliphatic heterocycles. The number of aromatic nitrogens is 4. The average Bonchev–Trinajstić information content (AvgIpc) is 3.12. The second-order valence-electron chi connectivity index (χ2n) is 9.42. The molecule has 0 aliphatic carbocycles. The summed E-state index contributed by atoms with van der Waals surface area (Å²) in [5.74, 6) is 2.52. The van der Waals surface area contributed by atoms with Crippen molar-refractivity contribution >= 4 is 22.8 Å². The fraction of sp³-hybridized carbons (Fsp3) is 0.207. The van der Waals surface area contributed by atoms with E-state index in [0.29, 0.717) is 26.1 Å². The Kier molecular flexibility index (Phi) is 5.71. The third-order valence-electron chi connectivity index (χ3n) is 6.78. The van der Waals surface area contributed by atoms with Gasteiger partial charge in [0, 0.05) is 29.8 Å². The van der Waals surface area contributed by atoms with Gasteiger partial charge in [-0.25, -0.2) is 14.4 Å². The van der Waals surface area contributed by atoms with Crippen molar-refractivity contribution in [3.05, 3.63) is 94.7 Å². The van der Waals surface area contributed by atoms with E-state index in [1.165, 1.54) is 12.1 Å². The van der Waals surface area contributed by atoms with E-state index >= 15 is 0 Å². The van der Waals surface area contributed by atoms with Crippen molar-refractivity contribution in [2.45, 2.75) is 26.8 Å². The highest BCUT2D eigenvalue weighted by molar-refractivity contribution is 5.82. The number of halogens is 1. The first-order valence-electron chi connectivity index (χ1n) is 12.3. The third kappa shape index (κ3) is 4.58. The van der Waals surface area contributed by atoms with Crippen LogP contribution in [0.4, 0.5) is 16.2 Å². The van der Waals surface area contributed by atoms with Gasteiger partial charge in [0.05, 0.1) is 17.6 Å². The number of aryl methyl sites for hydroxylation is 2. The quantitative estimate of drug-likeness (QED) is 0.350. The zero-order chi connectivity index (χ0) is 25.5. The fourth-order valence-electron chi connectivity index (χ4n) is 4.94. The van der Waals surface area contributed by atoms with Crippen LogP contribution in [0.2, 0.25) is 0 Å². The summed E-state index contributed by atoms with van der Waals surface area (Å²) >= 11 is 0. The Morgan fingerprint density at radius 3 is 2.59 bits per heavy atom. The molecule has 5 aromatic rings. The van der Waals surface area contributed by atoms with Crippen molar-refractivity contribution in [3.8, 4) is 16.9 Å². The predicted molar refractivity (Wildman–Crippen MR) is 143 cm³/mol. The first kappa shape index (κ1) is 23.0. The van der Waals surface area contributed by atoms with Crippen molar-refractivity contribution < 1.29 is 9.13 Å². The Hall–Kier alpha value is -4.46. The van der Waals surface area contributed by atoms with Crippen LogP contribution in [0.15, 0.2) is 60.7 Å². The maximum atomic E-state index is 13.5. The summed E-state index contributed by atoms with van der Waals surface area (Å²) in [6.07, 6.45) is 0.578. The SMILES string of the molecule is Cc1nc2cc(-c3ccc4c(c3)CN(c3nc(N)nc(C)c3Cc3ccc(F)cc3)CCO4)ccc2[nH]1. The molecule has 3 aromatic carbocycles. The lowest BCUT2D eigenvalue weighted by atomic mass is 10.0. The van der Waals surface area contributed by atoms with E-state index in [9.17, 15) is 4.39 Å². The number of anilines is 2. The van der Waals surface area contributed by atoms with Gasteiger partial charge >= 0.3 is 0 Å². The van der Waals surface area contributed by atoms with Gasteiger partial charge in [-0.3, -0.25) is 0 Å². The van der Waals surface area contributed by atoms with E-state index in [1.54, 1.807) is 12.1 Å². The number of nitrogens with one attached hydrogen (secondary N) is 1. The van der Waals surface area contributed by atoms with Gasteiger partial charge in [-0.1, -0.05) is 24.3 Å². The Bertz CT molecular complexity index is 1610. The lowest BCUT2D eigenvalue weighted by molar-refractivity contribution is 0.331. The molecule has 7 nitrogen and oxygen atoms in total. The van der Waals surface area contributed by atoms with Crippen LogP contribution in [-0.2, 0) is 13.0 Å². The predicted octanol–water partition coefficient (Wildman–Crippen LogP) is 5.35. The zero-order valence-corrected chi connectivity index (χ0v) is 20.8. The highest BCUT2D eigenvalue weighted by Gasteiger charge is 2.22. The number of nitrogen functional groups attached to an aromatic ring is 1. The van der Waals surface area contributed by atoms with Gasteiger partial charge < -0.3 is 20.4 Å². The van der Waals surface area contributed by atoms with Crippen molar-refractivity contribution in [2.75, 3.05) is 23.8 Å². The molecule has 3 heterocycles. The number of fused-ring (bicyclic) bond motifs is 2. The molecule has 8 heteroatoms. The molecule has 186 valence electrons. The van der Waals surface area contributed by atoms with Gasteiger partial charge in [0.2, 0.25) is 5.95 Å². The molecule has 0 fully saturated rings. The molecule has 0 bridgehead atoms. The Balaban J connectivity index is 1.36. The number of benzene rings is 3. The van der Waals surface area contributed by atoms with E-state index in [4.69, 9.17) is 10.5 Å². The number of aromatic amines is 1. The summed E-state index contributed by atoms with van der Waals surface area (Å²) in [6, 6.07) is 19.1. The number of nitrogens with two attached hydrogens (primary N) is 1. The number of rotatable bonds is 4. The lowest BCUT2D eigenvalue weighted by Crippen LogP contribution is -2.28. The van der Waals surface area contributed by atoms with E-state index in [1.807, 2.05) is 19.9 Å². The normalized spacial score (nSPS) is 13.3. The van der Waals surface area contributed by atoms with Gasteiger partial charge in [-0.15, -0.1) is 0 Å². The van der Waals surface area contributed by atoms with E-state index in [-0.39, 0.29) is 11.8 Å². The van der Waals surface area contributed by atoms with Gasteiger partial charge in [0.25, 0.3) is 0 Å². The van der Waals surface area contributed by atoms with Crippen LogP contribution >= 0.6 is 0 Å². The largest absolute Gasteiger partial charge is 0.491 e.